The lowest BCUT2D eigenvalue weighted by Crippen LogP contribution is -2.14. The van der Waals surface area contributed by atoms with Gasteiger partial charge in [-0.15, -0.1) is 11.3 Å². The first-order valence-corrected chi connectivity index (χ1v) is 9.45. The minimum atomic E-state index is 0.594. The summed E-state index contributed by atoms with van der Waals surface area (Å²) in [4.78, 5) is 3.27. The van der Waals surface area contributed by atoms with Crippen LogP contribution in [0, 0.1) is 0 Å². The summed E-state index contributed by atoms with van der Waals surface area (Å²) >= 11 is 2.08. The van der Waals surface area contributed by atoms with Crippen molar-refractivity contribution in [3.63, 3.8) is 0 Å². The summed E-state index contributed by atoms with van der Waals surface area (Å²) in [6.07, 6.45) is 15.1. The molecule has 1 N–H and O–H groups in total. The first-order chi connectivity index (χ1) is 9.85. The number of hydrogen-bond donors (Lipinski definition) is 1. The van der Waals surface area contributed by atoms with E-state index in [1.54, 1.807) is 15.3 Å². The highest BCUT2D eigenvalue weighted by molar-refractivity contribution is 7.12. The summed E-state index contributed by atoms with van der Waals surface area (Å²) in [5, 5.41) is 3.54. The summed E-state index contributed by atoms with van der Waals surface area (Å²) in [6.45, 7) is 2.29. The Labute approximate surface area is 129 Å². The summed E-state index contributed by atoms with van der Waals surface area (Å²) < 4.78 is 0. The summed E-state index contributed by atoms with van der Waals surface area (Å²) in [6, 6.07) is 3.09. The lowest BCUT2D eigenvalue weighted by molar-refractivity contribution is 0.503. The van der Waals surface area contributed by atoms with Crippen molar-refractivity contribution in [2.24, 2.45) is 0 Å². The molecule has 2 heteroatoms. The van der Waals surface area contributed by atoms with Crippen molar-refractivity contribution in [3.05, 3.63) is 21.4 Å². The van der Waals surface area contributed by atoms with E-state index in [4.69, 9.17) is 0 Å². The predicted octanol–water partition coefficient (Wildman–Crippen LogP) is 5.64. The molecule has 0 aromatic carbocycles. The van der Waals surface area contributed by atoms with Crippen LogP contribution in [0.5, 0.6) is 0 Å². The lowest BCUT2D eigenvalue weighted by atomic mass is 9.98. The van der Waals surface area contributed by atoms with Gasteiger partial charge in [0, 0.05) is 15.8 Å². The van der Waals surface area contributed by atoms with E-state index in [0.717, 1.165) is 0 Å². The van der Waals surface area contributed by atoms with E-state index in [0.29, 0.717) is 6.04 Å². The average molecular weight is 294 g/mol. The molecule has 1 nitrogen and oxygen atoms in total. The lowest BCUT2D eigenvalue weighted by Gasteiger charge is -2.14. The van der Waals surface area contributed by atoms with E-state index in [-0.39, 0.29) is 0 Å². The van der Waals surface area contributed by atoms with Crippen molar-refractivity contribution in [1.29, 1.82) is 0 Å². The molecule has 0 fully saturated rings. The first kappa shape index (κ1) is 16.0. The van der Waals surface area contributed by atoms with Gasteiger partial charge in [-0.05, 0) is 50.8 Å². The number of rotatable bonds is 9. The topological polar surface area (TPSA) is 12.0 Å². The van der Waals surface area contributed by atoms with Gasteiger partial charge in [-0.1, -0.05) is 45.4 Å². The van der Waals surface area contributed by atoms with Crippen molar-refractivity contribution in [2.45, 2.75) is 83.6 Å². The average Bonchev–Trinajstić information content (AvgIpc) is 2.90. The molecule has 2 rings (SSSR count). The number of fused-ring (bicyclic) bond motifs is 1. The third kappa shape index (κ3) is 4.60. The monoisotopic (exact) mass is 293 g/mol. The first-order valence-electron chi connectivity index (χ1n) is 8.64. The fourth-order valence-corrected chi connectivity index (χ4v) is 4.65. The highest BCUT2D eigenvalue weighted by Crippen LogP contribution is 2.34. The van der Waals surface area contributed by atoms with Crippen LogP contribution in [-0.2, 0) is 12.8 Å². The van der Waals surface area contributed by atoms with Crippen LogP contribution >= 0.6 is 11.3 Å². The Bertz CT molecular complexity index is 359. The van der Waals surface area contributed by atoms with Gasteiger partial charge in [-0.3, -0.25) is 0 Å². The molecule has 0 amide bonds. The van der Waals surface area contributed by atoms with Crippen LogP contribution in [0.15, 0.2) is 6.07 Å². The third-order valence-corrected chi connectivity index (χ3v) is 5.90. The Kier molecular flexibility index (Phi) is 7.09. The van der Waals surface area contributed by atoms with Crippen LogP contribution in [0.1, 0.15) is 86.1 Å². The molecule has 0 saturated carbocycles. The van der Waals surface area contributed by atoms with Crippen molar-refractivity contribution >= 4 is 11.3 Å². The molecule has 1 aliphatic carbocycles. The Hall–Kier alpha value is -0.340. The van der Waals surface area contributed by atoms with Crippen molar-refractivity contribution in [1.82, 2.24) is 5.32 Å². The second-order valence-electron chi connectivity index (χ2n) is 6.20. The van der Waals surface area contributed by atoms with Gasteiger partial charge in [0.2, 0.25) is 0 Å². The van der Waals surface area contributed by atoms with Crippen LogP contribution < -0.4 is 5.32 Å². The largest absolute Gasteiger partial charge is 0.312 e. The van der Waals surface area contributed by atoms with E-state index < -0.39 is 0 Å². The quantitative estimate of drug-likeness (QED) is 0.581. The molecule has 1 heterocycles. The van der Waals surface area contributed by atoms with Gasteiger partial charge in [-0.2, -0.15) is 0 Å². The van der Waals surface area contributed by atoms with Gasteiger partial charge in [0.25, 0.3) is 0 Å². The predicted molar refractivity (Wildman–Crippen MR) is 90.8 cm³/mol. The van der Waals surface area contributed by atoms with Gasteiger partial charge in [0.05, 0.1) is 0 Å². The molecular formula is C18H31NS. The zero-order valence-electron chi connectivity index (χ0n) is 13.3. The minimum Gasteiger partial charge on any atom is -0.312 e. The molecule has 0 saturated heterocycles. The van der Waals surface area contributed by atoms with Crippen LogP contribution in [0.3, 0.4) is 0 Å². The molecule has 20 heavy (non-hydrogen) atoms. The van der Waals surface area contributed by atoms with Crippen molar-refractivity contribution in [3.8, 4) is 0 Å². The smallest absolute Gasteiger partial charge is 0.0412 e. The second kappa shape index (κ2) is 8.84. The summed E-state index contributed by atoms with van der Waals surface area (Å²) in [7, 11) is 2.13. The van der Waals surface area contributed by atoms with Gasteiger partial charge in [-0.25, -0.2) is 0 Å². The van der Waals surface area contributed by atoms with Crippen molar-refractivity contribution in [2.75, 3.05) is 7.05 Å². The van der Waals surface area contributed by atoms with E-state index in [2.05, 4.69) is 36.7 Å². The molecule has 1 atom stereocenters. The maximum atomic E-state index is 3.54. The van der Waals surface area contributed by atoms with Crippen LogP contribution in [0.2, 0.25) is 0 Å². The SMILES string of the molecule is CCCCCCCCC(NC)c1cc2c(s1)CCCC2. The fourth-order valence-electron chi connectivity index (χ4n) is 3.24. The molecule has 1 aliphatic rings. The van der Waals surface area contributed by atoms with Crippen LogP contribution in [0.25, 0.3) is 0 Å². The second-order valence-corrected chi connectivity index (χ2v) is 7.37. The highest BCUT2D eigenvalue weighted by atomic mass is 32.1. The van der Waals surface area contributed by atoms with Crippen LogP contribution in [-0.4, -0.2) is 7.05 Å². The van der Waals surface area contributed by atoms with E-state index in [1.807, 2.05) is 0 Å². The number of unbranched alkanes of at least 4 members (excludes halogenated alkanes) is 5. The Morgan fingerprint density at radius 1 is 1.10 bits per heavy atom. The third-order valence-electron chi connectivity index (χ3n) is 4.55. The minimum absolute atomic E-state index is 0.594. The molecule has 1 aromatic heterocycles. The Balaban J connectivity index is 1.77. The molecule has 0 aliphatic heterocycles. The number of nitrogens with one attached hydrogen (secondary N) is 1. The zero-order chi connectivity index (χ0) is 14.2. The molecule has 1 aromatic rings. The summed E-state index contributed by atoms with van der Waals surface area (Å²) in [5.41, 5.74) is 1.65. The highest BCUT2D eigenvalue weighted by Gasteiger charge is 2.17. The molecule has 114 valence electrons. The Morgan fingerprint density at radius 3 is 2.60 bits per heavy atom. The number of thiophene rings is 1. The molecule has 0 bridgehead atoms. The van der Waals surface area contributed by atoms with E-state index in [1.165, 1.54) is 70.6 Å². The van der Waals surface area contributed by atoms with Gasteiger partial charge in [0.1, 0.15) is 0 Å². The van der Waals surface area contributed by atoms with Gasteiger partial charge >= 0.3 is 0 Å². The van der Waals surface area contributed by atoms with E-state index in [9.17, 15) is 0 Å². The zero-order valence-corrected chi connectivity index (χ0v) is 14.2. The summed E-state index contributed by atoms with van der Waals surface area (Å²) in [5.74, 6) is 0. The molecule has 0 radical (unpaired) electrons. The maximum Gasteiger partial charge on any atom is 0.0412 e. The van der Waals surface area contributed by atoms with Gasteiger partial charge in [0.15, 0.2) is 0 Å². The van der Waals surface area contributed by atoms with E-state index >= 15 is 0 Å². The fraction of sp³-hybridized carbons (Fsp3) is 0.778. The normalized spacial score (nSPS) is 16.1. The maximum absolute atomic E-state index is 3.54. The van der Waals surface area contributed by atoms with Crippen LogP contribution in [0.4, 0.5) is 0 Å². The standard InChI is InChI=1S/C18H31NS/c1-3-4-5-6-7-8-12-16(19-2)18-14-15-11-9-10-13-17(15)20-18/h14,16,19H,3-13H2,1-2H3. The Morgan fingerprint density at radius 2 is 1.85 bits per heavy atom. The number of aryl methyl sites for hydroxylation is 2. The molecule has 0 spiro atoms. The molecule has 1 unspecified atom stereocenters. The van der Waals surface area contributed by atoms with Crippen molar-refractivity contribution < 1.29 is 0 Å². The van der Waals surface area contributed by atoms with Gasteiger partial charge < -0.3 is 5.32 Å². The number of hydrogen-bond acceptors (Lipinski definition) is 2. The molecular weight excluding hydrogens is 262 g/mol.